The lowest BCUT2D eigenvalue weighted by atomic mass is 10.2. The van der Waals surface area contributed by atoms with Crippen LogP contribution in [0.2, 0.25) is 0 Å². The van der Waals surface area contributed by atoms with Crippen LogP contribution in [0.4, 0.5) is 0 Å². The Kier molecular flexibility index (Phi) is 6.41. The van der Waals surface area contributed by atoms with E-state index >= 15 is 0 Å². The van der Waals surface area contributed by atoms with Gasteiger partial charge >= 0.3 is 0 Å². The summed E-state index contributed by atoms with van der Waals surface area (Å²) in [5.41, 5.74) is 0.942. The van der Waals surface area contributed by atoms with Gasteiger partial charge in [0.2, 0.25) is 0 Å². The molecule has 1 amide bonds. The van der Waals surface area contributed by atoms with Crippen LogP contribution in [-0.2, 0) is 5.75 Å². The van der Waals surface area contributed by atoms with Crippen LogP contribution in [0.25, 0.3) is 0 Å². The second-order valence-corrected chi connectivity index (χ2v) is 5.89. The minimum Gasteiger partial charge on any atom is -0.459 e. The molecule has 0 fully saturated rings. The third kappa shape index (κ3) is 4.97. The fourth-order valence-electron chi connectivity index (χ4n) is 1.98. The number of hydrogen-bond donors (Lipinski definition) is 1. The maximum absolute atomic E-state index is 12.1. The summed E-state index contributed by atoms with van der Waals surface area (Å²) >= 11 is 1.70. The van der Waals surface area contributed by atoms with Crippen molar-refractivity contribution >= 4 is 17.7 Å². The zero-order valence-electron chi connectivity index (χ0n) is 12.3. The Morgan fingerprint density at radius 1 is 1.19 bits per heavy atom. The second kappa shape index (κ2) is 8.57. The van der Waals surface area contributed by atoms with E-state index in [9.17, 15) is 4.79 Å². The van der Waals surface area contributed by atoms with Crippen molar-refractivity contribution in [3.8, 4) is 0 Å². The van der Waals surface area contributed by atoms with Gasteiger partial charge in [0, 0.05) is 22.8 Å². The molecule has 3 nitrogen and oxygen atoms in total. The van der Waals surface area contributed by atoms with Crippen LogP contribution in [0.15, 0.2) is 52.0 Å². The van der Waals surface area contributed by atoms with Gasteiger partial charge in [-0.3, -0.25) is 4.79 Å². The van der Waals surface area contributed by atoms with E-state index in [0.717, 1.165) is 30.6 Å². The first-order chi connectivity index (χ1) is 10.3. The van der Waals surface area contributed by atoms with Crippen molar-refractivity contribution in [3.63, 3.8) is 0 Å². The molecular formula is C17H21NO2S. The summed E-state index contributed by atoms with van der Waals surface area (Å²) in [6, 6.07) is 12.0. The Bertz CT molecular complexity index is 551. The number of hydrogen-bond acceptors (Lipinski definition) is 3. The summed E-state index contributed by atoms with van der Waals surface area (Å²) in [4.78, 5) is 13.3. The first-order valence-electron chi connectivity index (χ1n) is 7.33. The molecule has 0 saturated carbocycles. The molecule has 2 rings (SSSR count). The van der Waals surface area contributed by atoms with E-state index in [1.54, 1.807) is 18.0 Å². The van der Waals surface area contributed by atoms with E-state index in [-0.39, 0.29) is 5.91 Å². The smallest absolute Gasteiger partial charge is 0.287 e. The number of benzene rings is 1. The molecule has 21 heavy (non-hydrogen) atoms. The first-order valence-corrected chi connectivity index (χ1v) is 8.32. The highest BCUT2D eigenvalue weighted by atomic mass is 32.2. The zero-order valence-corrected chi connectivity index (χ0v) is 13.1. The van der Waals surface area contributed by atoms with E-state index in [4.69, 9.17) is 4.42 Å². The van der Waals surface area contributed by atoms with Crippen LogP contribution in [0.5, 0.6) is 0 Å². The van der Waals surface area contributed by atoms with Crippen molar-refractivity contribution in [1.82, 2.24) is 5.32 Å². The first kappa shape index (κ1) is 15.7. The molecule has 112 valence electrons. The highest BCUT2D eigenvalue weighted by Crippen LogP contribution is 2.24. The van der Waals surface area contributed by atoms with Crippen LogP contribution >= 0.6 is 11.8 Å². The Hall–Kier alpha value is -1.68. The molecule has 1 heterocycles. The average molecular weight is 303 g/mol. The number of thioether (sulfide) groups is 1. The predicted molar refractivity (Wildman–Crippen MR) is 86.6 cm³/mol. The van der Waals surface area contributed by atoms with E-state index in [0.29, 0.717) is 12.3 Å². The van der Waals surface area contributed by atoms with Gasteiger partial charge in [0.1, 0.15) is 0 Å². The third-order valence-electron chi connectivity index (χ3n) is 3.16. The summed E-state index contributed by atoms with van der Waals surface area (Å²) in [6.45, 7) is 2.85. The molecule has 0 saturated heterocycles. The molecular weight excluding hydrogens is 282 g/mol. The lowest BCUT2D eigenvalue weighted by Gasteiger charge is -2.05. The Balaban J connectivity index is 1.87. The van der Waals surface area contributed by atoms with E-state index in [1.807, 2.05) is 24.3 Å². The number of rotatable bonds is 8. The Morgan fingerprint density at radius 2 is 2.00 bits per heavy atom. The molecule has 0 unspecified atom stereocenters. The quantitative estimate of drug-likeness (QED) is 0.577. The Morgan fingerprint density at radius 3 is 2.76 bits per heavy atom. The summed E-state index contributed by atoms with van der Waals surface area (Å²) in [7, 11) is 0. The van der Waals surface area contributed by atoms with E-state index in [1.165, 1.54) is 4.90 Å². The van der Waals surface area contributed by atoms with Crippen LogP contribution in [0.1, 0.15) is 42.3 Å². The topological polar surface area (TPSA) is 42.2 Å². The van der Waals surface area contributed by atoms with Gasteiger partial charge in [-0.15, -0.1) is 11.8 Å². The van der Waals surface area contributed by atoms with Gasteiger partial charge in [0.15, 0.2) is 5.76 Å². The SMILES string of the molecule is CCCCCNC(=O)c1occc1CSc1ccccc1. The fourth-order valence-corrected chi connectivity index (χ4v) is 2.88. The van der Waals surface area contributed by atoms with Gasteiger partial charge in [-0.25, -0.2) is 0 Å². The summed E-state index contributed by atoms with van der Waals surface area (Å²) in [5, 5.41) is 2.92. The number of furan rings is 1. The summed E-state index contributed by atoms with van der Waals surface area (Å²) in [5.74, 6) is 1.06. The molecule has 0 aliphatic carbocycles. The largest absolute Gasteiger partial charge is 0.459 e. The maximum Gasteiger partial charge on any atom is 0.287 e. The maximum atomic E-state index is 12.1. The van der Waals surface area contributed by atoms with Crippen LogP contribution in [-0.4, -0.2) is 12.5 Å². The molecule has 0 aliphatic heterocycles. The van der Waals surface area contributed by atoms with Crippen LogP contribution < -0.4 is 5.32 Å². The van der Waals surface area contributed by atoms with Gasteiger partial charge in [-0.05, 0) is 24.6 Å². The monoisotopic (exact) mass is 303 g/mol. The van der Waals surface area contributed by atoms with Crippen LogP contribution in [0, 0.1) is 0 Å². The van der Waals surface area contributed by atoms with Crippen molar-refractivity contribution < 1.29 is 9.21 Å². The predicted octanol–water partition coefficient (Wildman–Crippen LogP) is 4.49. The van der Waals surface area contributed by atoms with Gasteiger partial charge in [-0.1, -0.05) is 38.0 Å². The van der Waals surface area contributed by atoms with Gasteiger partial charge in [-0.2, -0.15) is 0 Å². The average Bonchev–Trinajstić information content (AvgIpc) is 2.99. The molecule has 1 aromatic carbocycles. The minimum absolute atomic E-state index is 0.111. The highest BCUT2D eigenvalue weighted by molar-refractivity contribution is 7.98. The Labute approximate surface area is 130 Å². The molecule has 0 aliphatic rings. The molecule has 0 spiro atoms. The highest BCUT2D eigenvalue weighted by Gasteiger charge is 2.14. The number of nitrogens with one attached hydrogen (secondary N) is 1. The second-order valence-electron chi connectivity index (χ2n) is 4.84. The molecule has 1 aromatic heterocycles. The van der Waals surface area contributed by atoms with Gasteiger partial charge in [0.05, 0.1) is 6.26 Å². The lowest BCUT2D eigenvalue weighted by Crippen LogP contribution is -2.24. The van der Waals surface area contributed by atoms with Gasteiger partial charge in [0.25, 0.3) is 5.91 Å². The van der Waals surface area contributed by atoms with Crippen LogP contribution in [0.3, 0.4) is 0 Å². The van der Waals surface area contributed by atoms with Crippen molar-refractivity contribution in [3.05, 3.63) is 54.0 Å². The van der Waals surface area contributed by atoms with Crippen molar-refractivity contribution in [2.75, 3.05) is 6.54 Å². The molecule has 0 radical (unpaired) electrons. The van der Waals surface area contributed by atoms with Crippen molar-refractivity contribution in [1.29, 1.82) is 0 Å². The van der Waals surface area contributed by atoms with E-state index < -0.39 is 0 Å². The fraction of sp³-hybridized carbons (Fsp3) is 0.353. The normalized spacial score (nSPS) is 10.5. The minimum atomic E-state index is -0.111. The van der Waals surface area contributed by atoms with Crippen molar-refractivity contribution in [2.24, 2.45) is 0 Å². The molecule has 4 heteroatoms. The molecule has 0 bridgehead atoms. The molecule has 2 aromatic rings. The molecule has 0 atom stereocenters. The lowest BCUT2D eigenvalue weighted by molar-refractivity contribution is 0.0924. The summed E-state index contributed by atoms with van der Waals surface area (Å²) in [6.07, 6.45) is 4.88. The standard InChI is InChI=1S/C17H21NO2S/c1-2-3-7-11-18-17(19)16-14(10-12-20-16)13-21-15-8-5-4-6-9-15/h4-6,8-10,12H,2-3,7,11,13H2,1H3,(H,18,19). The number of unbranched alkanes of at least 4 members (excludes halogenated alkanes) is 2. The summed E-state index contributed by atoms with van der Waals surface area (Å²) < 4.78 is 5.35. The molecule has 1 N–H and O–H groups in total. The number of carbonyl (C=O) groups is 1. The van der Waals surface area contributed by atoms with Crippen molar-refractivity contribution in [2.45, 2.75) is 36.8 Å². The third-order valence-corrected chi connectivity index (χ3v) is 4.22. The zero-order chi connectivity index (χ0) is 14.9. The van der Waals surface area contributed by atoms with E-state index in [2.05, 4.69) is 24.4 Å². The number of amides is 1. The van der Waals surface area contributed by atoms with Gasteiger partial charge < -0.3 is 9.73 Å². The number of carbonyl (C=O) groups excluding carboxylic acids is 1.